The molecule has 0 saturated heterocycles. The van der Waals surface area contributed by atoms with Gasteiger partial charge in [0.05, 0.1) is 12.5 Å². The summed E-state index contributed by atoms with van der Waals surface area (Å²) in [6.45, 7) is 1.82. The predicted molar refractivity (Wildman–Crippen MR) is 47.1 cm³/mol. The summed E-state index contributed by atoms with van der Waals surface area (Å²) in [4.78, 5) is 10.5. The fourth-order valence-corrected chi connectivity index (χ4v) is 1.22. The van der Waals surface area contributed by atoms with Crippen LogP contribution < -0.4 is 0 Å². The van der Waals surface area contributed by atoms with Crippen molar-refractivity contribution in [2.45, 2.75) is 12.8 Å². The Morgan fingerprint density at radius 3 is 2.67 bits per heavy atom. The van der Waals surface area contributed by atoms with Gasteiger partial charge in [-0.05, 0) is 18.1 Å². The van der Waals surface area contributed by atoms with Crippen molar-refractivity contribution in [1.82, 2.24) is 0 Å². The molecule has 64 valence electrons. The molecule has 1 N–H and O–H groups in total. The van der Waals surface area contributed by atoms with Crippen LogP contribution >= 0.6 is 0 Å². The van der Waals surface area contributed by atoms with E-state index in [0.29, 0.717) is 0 Å². The van der Waals surface area contributed by atoms with Gasteiger partial charge in [-0.3, -0.25) is 0 Å². The van der Waals surface area contributed by atoms with Gasteiger partial charge in [-0.2, -0.15) is 0 Å². The lowest BCUT2D eigenvalue weighted by atomic mass is 9.97. The highest BCUT2D eigenvalue weighted by Gasteiger charge is 2.09. The summed E-state index contributed by atoms with van der Waals surface area (Å²) < 4.78 is 0. The molecule has 0 aliphatic rings. The SMILES string of the molecule is Cc1ccccc1C(C=O)CO. The van der Waals surface area contributed by atoms with Crippen molar-refractivity contribution in [3.05, 3.63) is 35.4 Å². The second kappa shape index (κ2) is 4.02. The largest absolute Gasteiger partial charge is 0.395 e. The summed E-state index contributed by atoms with van der Waals surface area (Å²) >= 11 is 0. The average Bonchev–Trinajstić information content (AvgIpc) is 2.10. The fraction of sp³-hybridized carbons (Fsp3) is 0.300. The van der Waals surface area contributed by atoms with Gasteiger partial charge in [0.25, 0.3) is 0 Å². The van der Waals surface area contributed by atoms with E-state index in [1.807, 2.05) is 31.2 Å². The van der Waals surface area contributed by atoms with Crippen LogP contribution in [0.1, 0.15) is 17.0 Å². The molecule has 0 radical (unpaired) electrons. The highest BCUT2D eigenvalue weighted by atomic mass is 16.3. The fourth-order valence-electron chi connectivity index (χ4n) is 1.22. The number of aryl methyl sites for hydroxylation is 1. The molecule has 0 bridgehead atoms. The Morgan fingerprint density at radius 2 is 2.17 bits per heavy atom. The van der Waals surface area contributed by atoms with Crippen LogP contribution in [0.15, 0.2) is 24.3 Å². The number of aliphatic hydroxyl groups is 1. The molecule has 0 fully saturated rings. The smallest absolute Gasteiger partial charge is 0.129 e. The van der Waals surface area contributed by atoms with Crippen LogP contribution in [0.5, 0.6) is 0 Å². The van der Waals surface area contributed by atoms with Gasteiger partial charge in [0, 0.05) is 0 Å². The van der Waals surface area contributed by atoms with Gasteiger partial charge in [-0.1, -0.05) is 24.3 Å². The molecule has 2 heteroatoms. The molecule has 1 atom stereocenters. The Balaban J connectivity index is 3.00. The van der Waals surface area contributed by atoms with Crippen LogP contribution in [-0.4, -0.2) is 18.0 Å². The molecule has 0 aliphatic heterocycles. The minimum atomic E-state index is -0.369. The highest BCUT2D eigenvalue weighted by molar-refractivity contribution is 5.63. The first kappa shape index (κ1) is 8.94. The summed E-state index contributed by atoms with van der Waals surface area (Å²) in [5.41, 5.74) is 1.96. The van der Waals surface area contributed by atoms with E-state index in [4.69, 9.17) is 5.11 Å². The van der Waals surface area contributed by atoms with Crippen LogP contribution in [0.4, 0.5) is 0 Å². The van der Waals surface area contributed by atoms with Crippen LogP contribution in [0.2, 0.25) is 0 Å². The molecule has 1 rings (SSSR count). The topological polar surface area (TPSA) is 37.3 Å². The first-order chi connectivity index (χ1) is 5.79. The lowest BCUT2D eigenvalue weighted by molar-refractivity contribution is -0.109. The molecule has 0 amide bonds. The maximum absolute atomic E-state index is 10.5. The first-order valence-electron chi connectivity index (χ1n) is 3.91. The van der Waals surface area contributed by atoms with Gasteiger partial charge >= 0.3 is 0 Å². The Kier molecular flexibility index (Phi) is 3.00. The number of aliphatic hydroxyl groups excluding tert-OH is 1. The van der Waals surface area contributed by atoms with E-state index in [-0.39, 0.29) is 12.5 Å². The molecule has 0 aromatic heterocycles. The van der Waals surface area contributed by atoms with E-state index in [0.717, 1.165) is 17.4 Å². The number of hydrogen-bond donors (Lipinski definition) is 1. The quantitative estimate of drug-likeness (QED) is 0.683. The number of rotatable bonds is 3. The van der Waals surface area contributed by atoms with Crippen molar-refractivity contribution < 1.29 is 9.90 Å². The average molecular weight is 164 g/mol. The van der Waals surface area contributed by atoms with Gasteiger partial charge in [0.2, 0.25) is 0 Å². The molecule has 0 aliphatic carbocycles. The Morgan fingerprint density at radius 1 is 1.50 bits per heavy atom. The molecular formula is C10H12O2. The summed E-state index contributed by atoms with van der Waals surface area (Å²) in [6.07, 6.45) is 0.780. The van der Waals surface area contributed by atoms with Gasteiger partial charge in [0.1, 0.15) is 6.29 Å². The van der Waals surface area contributed by atoms with E-state index in [1.165, 1.54) is 0 Å². The van der Waals surface area contributed by atoms with E-state index in [2.05, 4.69) is 0 Å². The third kappa shape index (κ3) is 1.71. The lowest BCUT2D eigenvalue weighted by Crippen LogP contribution is -2.06. The Bertz CT molecular complexity index is 268. The van der Waals surface area contributed by atoms with Crippen molar-refractivity contribution >= 4 is 6.29 Å². The zero-order chi connectivity index (χ0) is 8.97. The van der Waals surface area contributed by atoms with Gasteiger partial charge in [0.15, 0.2) is 0 Å². The molecule has 2 nitrogen and oxygen atoms in total. The van der Waals surface area contributed by atoms with Crippen molar-refractivity contribution in [3.8, 4) is 0 Å². The van der Waals surface area contributed by atoms with Gasteiger partial charge in [-0.15, -0.1) is 0 Å². The molecule has 1 unspecified atom stereocenters. The van der Waals surface area contributed by atoms with Gasteiger partial charge in [-0.25, -0.2) is 0 Å². The van der Waals surface area contributed by atoms with Crippen molar-refractivity contribution in [3.63, 3.8) is 0 Å². The lowest BCUT2D eigenvalue weighted by Gasteiger charge is -2.09. The van der Waals surface area contributed by atoms with Crippen molar-refractivity contribution in [1.29, 1.82) is 0 Å². The van der Waals surface area contributed by atoms with Crippen LogP contribution in [0.3, 0.4) is 0 Å². The maximum Gasteiger partial charge on any atom is 0.129 e. The molecule has 12 heavy (non-hydrogen) atoms. The summed E-state index contributed by atoms with van der Waals surface area (Å²) in [6, 6.07) is 7.58. The second-order valence-electron chi connectivity index (χ2n) is 2.78. The minimum Gasteiger partial charge on any atom is -0.395 e. The summed E-state index contributed by atoms with van der Waals surface area (Å²) in [7, 11) is 0. The van der Waals surface area contributed by atoms with Crippen molar-refractivity contribution in [2.75, 3.05) is 6.61 Å². The van der Waals surface area contributed by atoms with Crippen LogP contribution in [0, 0.1) is 6.92 Å². The zero-order valence-electron chi connectivity index (χ0n) is 7.03. The Labute approximate surface area is 71.8 Å². The third-order valence-corrected chi connectivity index (χ3v) is 1.95. The van der Waals surface area contributed by atoms with E-state index >= 15 is 0 Å². The van der Waals surface area contributed by atoms with Crippen LogP contribution in [0.25, 0.3) is 0 Å². The number of carbonyl (C=O) groups excluding carboxylic acids is 1. The molecule has 0 heterocycles. The molecular weight excluding hydrogens is 152 g/mol. The van der Waals surface area contributed by atoms with E-state index in [1.54, 1.807) is 0 Å². The normalized spacial score (nSPS) is 12.5. The van der Waals surface area contributed by atoms with Crippen LogP contribution in [-0.2, 0) is 4.79 Å². The highest BCUT2D eigenvalue weighted by Crippen LogP contribution is 2.16. The second-order valence-corrected chi connectivity index (χ2v) is 2.78. The zero-order valence-corrected chi connectivity index (χ0v) is 7.03. The van der Waals surface area contributed by atoms with Gasteiger partial charge < -0.3 is 9.90 Å². The van der Waals surface area contributed by atoms with E-state index in [9.17, 15) is 4.79 Å². The summed E-state index contributed by atoms with van der Waals surface area (Å²) in [5.74, 6) is -0.369. The number of aldehydes is 1. The minimum absolute atomic E-state index is 0.117. The third-order valence-electron chi connectivity index (χ3n) is 1.95. The maximum atomic E-state index is 10.5. The predicted octanol–water partition coefficient (Wildman–Crippen LogP) is 1.27. The summed E-state index contributed by atoms with van der Waals surface area (Å²) in [5, 5.41) is 8.87. The number of carbonyl (C=O) groups is 1. The van der Waals surface area contributed by atoms with E-state index < -0.39 is 0 Å². The van der Waals surface area contributed by atoms with Crippen molar-refractivity contribution in [2.24, 2.45) is 0 Å². The molecule has 0 saturated carbocycles. The Hall–Kier alpha value is -1.15. The molecule has 1 aromatic carbocycles. The number of hydrogen-bond acceptors (Lipinski definition) is 2. The first-order valence-corrected chi connectivity index (χ1v) is 3.91. The molecule has 1 aromatic rings. The molecule has 0 spiro atoms. The number of benzene rings is 1. The monoisotopic (exact) mass is 164 g/mol. The standard InChI is InChI=1S/C10H12O2/c1-8-4-2-3-5-10(8)9(6-11)7-12/h2-6,9,12H,7H2,1H3.